The Labute approximate surface area is 112 Å². The molecule has 1 aromatic heterocycles. The molecule has 1 aromatic carbocycles. The summed E-state index contributed by atoms with van der Waals surface area (Å²) in [7, 11) is 0. The molecule has 0 radical (unpaired) electrons. The van der Waals surface area contributed by atoms with Gasteiger partial charge in [-0.1, -0.05) is 17.3 Å². The number of rotatable bonds is 3. The SMILES string of the molecule is Cc1noc(-c2ccccc2NC2CCNCC2)n1. The topological polar surface area (TPSA) is 63.0 Å². The first-order chi connectivity index (χ1) is 9.33. The van der Waals surface area contributed by atoms with Crippen LogP contribution in [0.3, 0.4) is 0 Å². The van der Waals surface area contributed by atoms with E-state index >= 15 is 0 Å². The van der Waals surface area contributed by atoms with Crippen LogP contribution < -0.4 is 10.6 Å². The highest BCUT2D eigenvalue weighted by Gasteiger charge is 2.16. The number of anilines is 1. The number of nitrogens with one attached hydrogen (secondary N) is 2. The van der Waals surface area contributed by atoms with Crippen LogP contribution in [0.15, 0.2) is 28.8 Å². The molecule has 0 spiro atoms. The van der Waals surface area contributed by atoms with Crippen LogP contribution in [0.2, 0.25) is 0 Å². The molecule has 3 rings (SSSR count). The average Bonchev–Trinajstić information content (AvgIpc) is 2.87. The van der Waals surface area contributed by atoms with Gasteiger partial charge in [0, 0.05) is 11.7 Å². The summed E-state index contributed by atoms with van der Waals surface area (Å²) < 4.78 is 5.27. The predicted molar refractivity (Wildman–Crippen MR) is 74.0 cm³/mol. The van der Waals surface area contributed by atoms with E-state index in [2.05, 4.69) is 26.8 Å². The van der Waals surface area contributed by atoms with Crippen LogP contribution in [0.4, 0.5) is 5.69 Å². The van der Waals surface area contributed by atoms with Crippen LogP contribution in [0.25, 0.3) is 11.5 Å². The molecule has 1 aliphatic heterocycles. The predicted octanol–water partition coefficient (Wildman–Crippen LogP) is 2.21. The van der Waals surface area contributed by atoms with Gasteiger partial charge in [-0.25, -0.2) is 0 Å². The second-order valence-electron chi connectivity index (χ2n) is 4.86. The number of hydrogen-bond acceptors (Lipinski definition) is 5. The zero-order valence-corrected chi connectivity index (χ0v) is 11.0. The second-order valence-corrected chi connectivity index (χ2v) is 4.86. The Morgan fingerprint density at radius 1 is 1.26 bits per heavy atom. The Morgan fingerprint density at radius 2 is 2.05 bits per heavy atom. The summed E-state index contributed by atoms with van der Waals surface area (Å²) in [4.78, 5) is 4.30. The highest BCUT2D eigenvalue weighted by atomic mass is 16.5. The van der Waals surface area contributed by atoms with Gasteiger partial charge in [0.2, 0.25) is 0 Å². The van der Waals surface area contributed by atoms with Gasteiger partial charge in [0.25, 0.3) is 5.89 Å². The van der Waals surface area contributed by atoms with Gasteiger partial charge in [-0.15, -0.1) is 0 Å². The van der Waals surface area contributed by atoms with Crippen molar-refractivity contribution in [3.8, 4) is 11.5 Å². The Hall–Kier alpha value is -1.88. The molecule has 2 heterocycles. The number of aryl methyl sites for hydroxylation is 1. The van der Waals surface area contributed by atoms with Crippen molar-refractivity contribution in [3.63, 3.8) is 0 Å². The first-order valence-corrected chi connectivity index (χ1v) is 6.70. The lowest BCUT2D eigenvalue weighted by molar-refractivity contribution is 0.425. The molecule has 1 saturated heterocycles. The standard InChI is InChI=1S/C14H18N4O/c1-10-16-14(19-18-10)12-4-2-3-5-13(12)17-11-6-8-15-9-7-11/h2-5,11,15,17H,6-9H2,1H3. The summed E-state index contributed by atoms with van der Waals surface area (Å²) in [5, 5.41) is 10.8. The van der Waals surface area contributed by atoms with Crippen molar-refractivity contribution < 1.29 is 4.52 Å². The van der Waals surface area contributed by atoms with Crippen LogP contribution in [0, 0.1) is 6.92 Å². The van der Waals surface area contributed by atoms with Gasteiger partial charge in [-0.05, 0) is 45.0 Å². The highest BCUT2D eigenvalue weighted by Crippen LogP contribution is 2.27. The molecule has 1 aliphatic rings. The van der Waals surface area contributed by atoms with E-state index in [1.807, 2.05) is 25.1 Å². The molecule has 0 saturated carbocycles. The summed E-state index contributed by atoms with van der Waals surface area (Å²) in [5.41, 5.74) is 2.04. The molecule has 5 nitrogen and oxygen atoms in total. The fourth-order valence-corrected chi connectivity index (χ4v) is 2.39. The Bertz CT molecular complexity index is 546. The first kappa shape index (κ1) is 12.2. The monoisotopic (exact) mass is 258 g/mol. The van der Waals surface area contributed by atoms with Crippen molar-refractivity contribution in [2.45, 2.75) is 25.8 Å². The maximum atomic E-state index is 5.27. The third-order valence-corrected chi connectivity index (χ3v) is 3.38. The number of hydrogen-bond donors (Lipinski definition) is 2. The van der Waals surface area contributed by atoms with Crippen molar-refractivity contribution in [1.29, 1.82) is 0 Å². The zero-order chi connectivity index (χ0) is 13.1. The van der Waals surface area contributed by atoms with Crippen molar-refractivity contribution in [1.82, 2.24) is 15.5 Å². The molecule has 100 valence electrons. The summed E-state index contributed by atoms with van der Waals surface area (Å²) in [6.45, 7) is 3.97. The third kappa shape index (κ3) is 2.76. The quantitative estimate of drug-likeness (QED) is 0.883. The minimum atomic E-state index is 0.506. The molecule has 0 unspecified atom stereocenters. The van der Waals surface area contributed by atoms with E-state index in [4.69, 9.17) is 4.52 Å². The maximum absolute atomic E-state index is 5.27. The van der Waals surface area contributed by atoms with E-state index in [9.17, 15) is 0 Å². The van der Waals surface area contributed by atoms with Crippen LogP contribution >= 0.6 is 0 Å². The minimum Gasteiger partial charge on any atom is -0.382 e. The first-order valence-electron chi connectivity index (χ1n) is 6.70. The van der Waals surface area contributed by atoms with E-state index in [-0.39, 0.29) is 0 Å². The van der Waals surface area contributed by atoms with Gasteiger partial charge in [0.1, 0.15) is 0 Å². The molecule has 5 heteroatoms. The molecular weight excluding hydrogens is 240 g/mol. The summed E-state index contributed by atoms with van der Waals surface area (Å²) in [6.07, 6.45) is 2.27. The molecule has 0 amide bonds. The van der Waals surface area contributed by atoms with Gasteiger partial charge < -0.3 is 15.2 Å². The molecule has 2 aromatic rings. The lowest BCUT2D eigenvalue weighted by atomic mass is 10.1. The van der Waals surface area contributed by atoms with Crippen molar-refractivity contribution in [3.05, 3.63) is 30.1 Å². The summed E-state index contributed by atoms with van der Waals surface area (Å²) in [6, 6.07) is 8.60. The lowest BCUT2D eigenvalue weighted by Gasteiger charge is -2.25. The molecule has 19 heavy (non-hydrogen) atoms. The number of benzene rings is 1. The highest BCUT2D eigenvalue weighted by molar-refractivity contribution is 5.72. The maximum Gasteiger partial charge on any atom is 0.260 e. The normalized spacial score (nSPS) is 16.5. The number of para-hydroxylation sites is 1. The number of piperidine rings is 1. The van der Waals surface area contributed by atoms with Crippen LogP contribution in [0.1, 0.15) is 18.7 Å². The molecule has 0 aliphatic carbocycles. The Morgan fingerprint density at radius 3 is 2.79 bits per heavy atom. The minimum absolute atomic E-state index is 0.506. The van der Waals surface area contributed by atoms with Crippen molar-refractivity contribution >= 4 is 5.69 Å². The van der Waals surface area contributed by atoms with Gasteiger partial charge in [0.15, 0.2) is 5.82 Å². The number of nitrogens with zero attached hydrogens (tertiary/aromatic N) is 2. The fourth-order valence-electron chi connectivity index (χ4n) is 2.39. The van der Waals surface area contributed by atoms with Gasteiger partial charge >= 0.3 is 0 Å². The van der Waals surface area contributed by atoms with Gasteiger partial charge in [-0.3, -0.25) is 0 Å². The van der Waals surface area contributed by atoms with E-state index in [0.29, 0.717) is 17.8 Å². The Balaban J connectivity index is 1.84. The molecule has 1 fully saturated rings. The Kier molecular flexibility index (Phi) is 3.46. The molecule has 0 atom stereocenters. The van der Waals surface area contributed by atoms with Crippen LogP contribution in [-0.2, 0) is 0 Å². The lowest BCUT2D eigenvalue weighted by Crippen LogP contribution is -2.35. The van der Waals surface area contributed by atoms with E-state index in [1.54, 1.807) is 0 Å². The van der Waals surface area contributed by atoms with E-state index < -0.39 is 0 Å². The number of aromatic nitrogens is 2. The summed E-state index contributed by atoms with van der Waals surface area (Å²) in [5.74, 6) is 1.24. The van der Waals surface area contributed by atoms with Gasteiger partial charge in [-0.2, -0.15) is 4.98 Å². The second kappa shape index (κ2) is 5.40. The van der Waals surface area contributed by atoms with Gasteiger partial charge in [0.05, 0.1) is 5.56 Å². The van der Waals surface area contributed by atoms with E-state index in [0.717, 1.165) is 37.2 Å². The molecular formula is C14H18N4O. The largest absolute Gasteiger partial charge is 0.382 e. The molecule has 0 bridgehead atoms. The van der Waals surface area contributed by atoms with Crippen molar-refractivity contribution in [2.75, 3.05) is 18.4 Å². The third-order valence-electron chi connectivity index (χ3n) is 3.38. The molecule has 2 N–H and O–H groups in total. The average molecular weight is 258 g/mol. The van der Waals surface area contributed by atoms with Crippen LogP contribution in [-0.4, -0.2) is 29.3 Å². The van der Waals surface area contributed by atoms with E-state index in [1.165, 1.54) is 0 Å². The zero-order valence-electron chi connectivity index (χ0n) is 11.0. The fraction of sp³-hybridized carbons (Fsp3) is 0.429. The summed E-state index contributed by atoms with van der Waals surface area (Å²) >= 11 is 0. The smallest absolute Gasteiger partial charge is 0.260 e. The van der Waals surface area contributed by atoms with Crippen LogP contribution in [0.5, 0.6) is 0 Å². The van der Waals surface area contributed by atoms with Crippen molar-refractivity contribution in [2.24, 2.45) is 0 Å².